The van der Waals surface area contributed by atoms with Crippen molar-refractivity contribution in [2.75, 3.05) is 5.32 Å². The summed E-state index contributed by atoms with van der Waals surface area (Å²) in [7, 11) is -3.70. The van der Waals surface area contributed by atoms with Gasteiger partial charge in [0, 0.05) is 17.8 Å². The molecule has 1 aromatic carbocycles. The lowest BCUT2D eigenvalue weighted by atomic mass is 10.2. The van der Waals surface area contributed by atoms with Crippen LogP contribution in [0.3, 0.4) is 0 Å². The molecule has 102 valence electrons. The predicted octanol–water partition coefficient (Wildman–Crippen LogP) is 0.212. The van der Waals surface area contributed by atoms with Gasteiger partial charge in [0.2, 0.25) is 15.9 Å². The maximum absolute atomic E-state index is 12.2. The van der Waals surface area contributed by atoms with Gasteiger partial charge in [-0.15, -0.1) is 0 Å². The standard InChI is InChI=1S/C11H12ClN3O3S/c12-6-3-8-5(2-11(16)14-8)1-10(6)19(17,18)15-9-4-7(9)13/h1,3,7,9,15H,2,4,13H2,(H,14,16). The molecule has 0 aromatic heterocycles. The molecule has 1 aromatic rings. The first-order valence-electron chi connectivity index (χ1n) is 5.77. The molecule has 0 bridgehead atoms. The number of sulfonamides is 1. The number of nitrogens with one attached hydrogen (secondary N) is 2. The maximum atomic E-state index is 12.2. The minimum Gasteiger partial charge on any atom is -0.326 e. The molecule has 2 atom stereocenters. The van der Waals surface area contributed by atoms with Crippen molar-refractivity contribution in [2.24, 2.45) is 5.73 Å². The summed E-state index contributed by atoms with van der Waals surface area (Å²) in [6, 6.07) is 2.54. The third-order valence-electron chi connectivity index (χ3n) is 3.22. The van der Waals surface area contributed by atoms with Crippen LogP contribution in [0.2, 0.25) is 5.02 Å². The van der Waals surface area contributed by atoms with Crippen molar-refractivity contribution in [3.8, 4) is 0 Å². The number of anilines is 1. The summed E-state index contributed by atoms with van der Waals surface area (Å²) in [4.78, 5) is 11.3. The van der Waals surface area contributed by atoms with Gasteiger partial charge in [0.25, 0.3) is 0 Å². The summed E-state index contributed by atoms with van der Waals surface area (Å²) in [5.74, 6) is -0.169. The lowest BCUT2D eigenvalue weighted by Gasteiger charge is -2.09. The Morgan fingerprint density at radius 3 is 2.74 bits per heavy atom. The molecular formula is C11H12ClN3O3S. The average molecular weight is 302 g/mol. The minimum atomic E-state index is -3.70. The summed E-state index contributed by atoms with van der Waals surface area (Å²) < 4.78 is 26.8. The lowest BCUT2D eigenvalue weighted by molar-refractivity contribution is -0.115. The number of amides is 1. The highest BCUT2D eigenvalue weighted by atomic mass is 35.5. The molecule has 1 aliphatic heterocycles. The predicted molar refractivity (Wildman–Crippen MR) is 70.5 cm³/mol. The summed E-state index contributed by atoms with van der Waals surface area (Å²) in [5.41, 5.74) is 6.78. The van der Waals surface area contributed by atoms with Crippen molar-refractivity contribution < 1.29 is 13.2 Å². The van der Waals surface area contributed by atoms with Crippen LogP contribution in [0, 0.1) is 0 Å². The molecule has 1 fully saturated rings. The van der Waals surface area contributed by atoms with Crippen LogP contribution >= 0.6 is 11.6 Å². The molecular weight excluding hydrogens is 290 g/mol. The number of benzene rings is 1. The average Bonchev–Trinajstić information content (AvgIpc) is 2.84. The fourth-order valence-corrected chi connectivity index (χ4v) is 3.92. The van der Waals surface area contributed by atoms with Crippen molar-refractivity contribution in [2.45, 2.75) is 29.8 Å². The third-order valence-corrected chi connectivity index (χ3v) is 5.17. The molecule has 1 heterocycles. The molecule has 4 N–H and O–H groups in total. The zero-order valence-corrected chi connectivity index (χ0v) is 11.4. The number of rotatable bonds is 3. The largest absolute Gasteiger partial charge is 0.326 e. The van der Waals surface area contributed by atoms with Gasteiger partial charge in [0.1, 0.15) is 4.90 Å². The van der Waals surface area contributed by atoms with Crippen LogP contribution in [-0.4, -0.2) is 26.4 Å². The van der Waals surface area contributed by atoms with Gasteiger partial charge in [-0.05, 0) is 24.1 Å². The molecule has 19 heavy (non-hydrogen) atoms. The van der Waals surface area contributed by atoms with Gasteiger partial charge in [0.15, 0.2) is 0 Å². The Morgan fingerprint density at radius 1 is 1.42 bits per heavy atom. The molecule has 0 radical (unpaired) electrons. The van der Waals surface area contributed by atoms with Gasteiger partial charge >= 0.3 is 0 Å². The van der Waals surface area contributed by atoms with Crippen LogP contribution in [-0.2, 0) is 21.2 Å². The van der Waals surface area contributed by atoms with Gasteiger partial charge in [-0.2, -0.15) is 0 Å². The molecule has 1 saturated carbocycles. The van der Waals surface area contributed by atoms with E-state index in [1.165, 1.54) is 12.1 Å². The van der Waals surface area contributed by atoms with Crippen molar-refractivity contribution in [1.29, 1.82) is 0 Å². The van der Waals surface area contributed by atoms with Crippen LogP contribution in [0.5, 0.6) is 0 Å². The summed E-state index contributed by atoms with van der Waals surface area (Å²) in [6.45, 7) is 0. The molecule has 2 aliphatic rings. The molecule has 2 unspecified atom stereocenters. The first-order chi connectivity index (χ1) is 8.87. The first kappa shape index (κ1) is 12.9. The number of hydrogen-bond donors (Lipinski definition) is 3. The fourth-order valence-electron chi connectivity index (χ4n) is 2.04. The van der Waals surface area contributed by atoms with Crippen molar-refractivity contribution in [1.82, 2.24) is 4.72 Å². The van der Waals surface area contributed by atoms with Crippen LogP contribution < -0.4 is 15.8 Å². The van der Waals surface area contributed by atoms with Crippen LogP contribution in [0.1, 0.15) is 12.0 Å². The second-order valence-corrected chi connectivity index (χ2v) is 6.88. The fraction of sp³-hybridized carbons (Fsp3) is 0.364. The molecule has 0 saturated heterocycles. The number of hydrogen-bond acceptors (Lipinski definition) is 4. The topological polar surface area (TPSA) is 101 Å². The van der Waals surface area contributed by atoms with Crippen molar-refractivity contribution in [3.05, 3.63) is 22.7 Å². The highest BCUT2D eigenvalue weighted by Gasteiger charge is 2.38. The molecule has 3 rings (SSSR count). The Hall–Kier alpha value is -1.15. The van der Waals surface area contributed by atoms with Gasteiger partial charge in [-0.1, -0.05) is 11.6 Å². The van der Waals surface area contributed by atoms with E-state index in [-0.39, 0.29) is 34.3 Å². The normalized spacial score (nSPS) is 25.1. The second kappa shape index (κ2) is 4.17. The third kappa shape index (κ3) is 2.34. The van der Waals surface area contributed by atoms with E-state index < -0.39 is 10.0 Å². The molecule has 1 amide bonds. The Morgan fingerprint density at radius 2 is 2.11 bits per heavy atom. The molecule has 8 heteroatoms. The first-order valence-corrected chi connectivity index (χ1v) is 7.63. The van der Waals surface area contributed by atoms with Gasteiger partial charge in [0.05, 0.1) is 11.4 Å². The van der Waals surface area contributed by atoms with E-state index in [0.717, 1.165) is 0 Å². The van der Waals surface area contributed by atoms with E-state index in [4.69, 9.17) is 17.3 Å². The number of fused-ring (bicyclic) bond motifs is 1. The molecule has 1 aliphatic carbocycles. The van der Waals surface area contributed by atoms with Gasteiger partial charge in [-0.3, -0.25) is 4.79 Å². The Balaban J connectivity index is 1.97. The monoisotopic (exact) mass is 301 g/mol. The molecule has 0 spiro atoms. The smallest absolute Gasteiger partial charge is 0.242 e. The van der Waals surface area contributed by atoms with Crippen molar-refractivity contribution >= 4 is 33.2 Å². The van der Waals surface area contributed by atoms with E-state index in [1.807, 2.05) is 0 Å². The zero-order chi connectivity index (χ0) is 13.8. The highest BCUT2D eigenvalue weighted by molar-refractivity contribution is 7.89. The Labute approximate surface area is 115 Å². The van der Waals surface area contributed by atoms with Crippen LogP contribution in [0.4, 0.5) is 5.69 Å². The van der Waals surface area contributed by atoms with Crippen LogP contribution in [0.25, 0.3) is 0 Å². The number of halogens is 1. The maximum Gasteiger partial charge on any atom is 0.242 e. The second-order valence-electron chi connectivity index (χ2n) is 4.79. The summed E-state index contributed by atoms with van der Waals surface area (Å²) >= 11 is 5.98. The summed E-state index contributed by atoms with van der Waals surface area (Å²) in [5, 5.41) is 2.70. The Kier molecular flexibility index (Phi) is 2.82. The summed E-state index contributed by atoms with van der Waals surface area (Å²) in [6.07, 6.45) is 0.791. The molecule has 6 nitrogen and oxygen atoms in total. The lowest BCUT2D eigenvalue weighted by Crippen LogP contribution is -2.30. The number of carbonyl (C=O) groups is 1. The van der Waals surface area contributed by atoms with E-state index in [9.17, 15) is 13.2 Å². The highest BCUT2D eigenvalue weighted by Crippen LogP contribution is 2.33. The SMILES string of the molecule is NC1CC1NS(=O)(=O)c1cc2c(cc1Cl)NC(=O)C2. The van der Waals surface area contributed by atoms with E-state index in [0.29, 0.717) is 17.7 Å². The Bertz CT molecular complexity index is 674. The van der Waals surface area contributed by atoms with Gasteiger partial charge in [-0.25, -0.2) is 13.1 Å². The number of carbonyl (C=O) groups excluding carboxylic acids is 1. The van der Waals surface area contributed by atoms with E-state index >= 15 is 0 Å². The van der Waals surface area contributed by atoms with Crippen LogP contribution in [0.15, 0.2) is 17.0 Å². The van der Waals surface area contributed by atoms with Gasteiger partial charge < -0.3 is 11.1 Å². The quantitative estimate of drug-likeness (QED) is 0.743. The van der Waals surface area contributed by atoms with Crippen molar-refractivity contribution in [3.63, 3.8) is 0 Å². The van der Waals surface area contributed by atoms with E-state index in [1.54, 1.807) is 0 Å². The minimum absolute atomic E-state index is 0.0106. The van der Waals surface area contributed by atoms with E-state index in [2.05, 4.69) is 10.0 Å². The zero-order valence-electron chi connectivity index (χ0n) is 9.81. The number of nitrogens with two attached hydrogens (primary N) is 1.